The molecular formula is C14H15FN2. The molecule has 0 aliphatic heterocycles. The fraction of sp³-hybridized carbons (Fsp3) is 0.143. The van der Waals surface area contributed by atoms with Gasteiger partial charge in [-0.15, -0.1) is 0 Å². The zero-order chi connectivity index (χ0) is 12.3. The smallest absolute Gasteiger partial charge is 0.148 e. The lowest BCUT2D eigenvalue weighted by Gasteiger charge is -2.16. The molecule has 3 heteroatoms. The summed E-state index contributed by atoms with van der Waals surface area (Å²) in [6.07, 6.45) is 0. The van der Waals surface area contributed by atoms with Crippen LogP contribution in [0.25, 0.3) is 0 Å². The third kappa shape index (κ3) is 2.75. The Hall–Kier alpha value is -2.03. The van der Waals surface area contributed by atoms with Crippen LogP contribution in [0.3, 0.4) is 0 Å². The maximum Gasteiger partial charge on any atom is 0.148 e. The molecule has 0 saturated carbocycles. The standard InChI is InChI=1S/C14H15FN2/c1-10(11-5-3-2-4-6-11)17-14-8-7-12(16)9-13(14)15/h2-10,17H,16H2,1H3. The largest absolute Gasteiger partial charge is 0.399 e. The van der Waals surface area contributed by atoms with Crippen molar-refractivity contribution in [2.75, 3.05) is 11.1 Å². The summed E-state index contributed by atoms with van der Waals surface area (Å²) in [5.74, 6) is -0.326. The fourth-order valence-electron chi connectivity index (χ4n) is 1.71. The highest BCUT2D eigenvalue weighted by Gasteiger charge is 2.07. The lowest BCUT2D eigenvalue weighted by molar-refractivity contribution is 0.628. The summed E-state index contributed by atoms with van der Waals surface area (Å²) in [5.41, 5.74) is 7.52. The first-order valence-electron chi connectivity index (χ1n) is 5.53. The SMILES string of the molecule is CC(Nc1ccc(N)cc1F)c1ccccc1. The molecule has 3 N–H and O–H groups in total. The van der Waals surface area contributed by atoms with Crippen molar-refractivity contribution >= 4 is 11.4 Å². The van der Waals surface area contributed by atoms with Crippen LogP contribution < -0.4 is 11.1 Å². The highest BCUT2D eigenvalue weighted by molar-refractivity contribution is 5.53. The van der Waals surface area contributed by atoms with Gasteiger partial charge in [-0.25, -0.2) is 4.39 Å². The van der Waals surface area contributed by atoms with Crippen LogP contribution in [0.2, 0.25) is 0 Å². The van der Waals surface area contributed by atoms with Crippen molar-refractivity contribution in [2.45, 2.75) is 13.0 Å². The number of benzene rings is 2. The van der Waals surface area contributed by atoms with E-state index in [9.17, 15) is 4.39 Å². The predicted molar refractivity (Wildman–Crippen MR) is 69.3 cm³/mol. The first-order chi connectivity index (χ1) is 8.16. The van der Waals surface area contributed by atoms with E-state index >= 15 is 0 Å². The molecule has 0 aromatic heterocycles. The Morgan fingerprint density at radius 2 is 1.82 bits per heavy atom. The average molecular weight is 230 g/mol. The van der Waals surface area contributed by atoms with Crippen molar-refractivity contribution < 1.29 is 4.39 Å². The first kappa shape index (κ1) is 11.5. The Morgan fingerprint density at radius 1 is 1.12 bits per heavy atom. The Balaban J connectivity index is 2.16. The zero-order valence-corrected chi connectivity index (χ0v) is 9.65. The Kier molecular flexibility index (Phi) is 3.28. The summed E-state index contributed by atoms with van der Waals surface area (Å²) in [6, 6.07) is 14.6. The van der Waals surface area contributed by atoms with Crippen molar-refractivity contribution in [1.29, 1.82) is 0 Å². The van der Waals surface area contributed by atoms with Gasteiger partial charge < -0.3 is 11.1 Å². The van der Waals surface area contributed by atoms with E-state index in [2.05, 4.69) is 5.32 Å². The molecule has 1 atom stereocenters. The molecule has 2 rings (SSSR count). The van der Waals surface area contributed by atoms with Crippen molar-refractivity contribution in [3.63, 3.8) is 0 Å². The molecule has 2 aromatic carbocycles. The van der Waals surface area contributed by atoms with Crippen LogP contribution in [-0.4, -0.2) is 0 Å². The molecule has 0 fully saturated rings. The third-order valence-corrected chi connectivity index (χ3v) is 2.66. The molecule has 0 aliphatic carbocycles. The molecule has 0 bridgehead atoms. The third-order valence-electron chi connectivity index (χ3n) is 2.66. The van der Waals surface area contributed by atoms with E-state index in [-0.39, 0.29) is 11.9 Å². The normalized spacial score (nSPS) is 12.1. The van der Waals surface area contributed by atoms with E-state index in [1.165, 1.54) is 6.07 Å². The monoisotopic (exact) mass is 230 g/mol. The lowest BCUT2D eigenvalue weighted by Crippen LogP contribution is -2.07. The molecule has 0 aliphatic rings. The molecule has 0 saturated heterocycles. The Labute approximate surface area is 100 Å². The number of halogens is 1. The molecular weight excluding hydrogens is 215 g/mol. The second-order valence-electron chi connectivity index (χ2n) is 4.02. The molecule has 0 heterocycles. The van der Waals surface area contributed by atoms with Gasteiger partial charge in [0.1, 0.15) is 5.82 Å². The first-order valence-corrected chi connectivity index (χ1v) is 5.53. The van der Waals surface area contributed by atoms with Crippen LogP contribution >= 0.6 is 0 Å². The van der Waals surface area contributed by atoms with E-state index in [0.717, 1.165) is 5.56 Å². The number of hydrogen-bond acceptors (Lipinski definition) is 2. The van der Waals surface area contributed by atoms with Crippen molar-refractivity contribution in [3.05, 3.63) is 59.9 Å². The highest BCUT2D eigenvalue weighted by atomic mass is 19.1. The van der Waals surface area contributed by atoms with Gasteiger partial charge in [-0.2, -0.15) is 0 Å². The predicted octanol–water partition coefficient (Wildman–Crippen LogP) is 3.58. The van der Waals surface area contributed by atoms with Crippen LogP contribution in [0.15, 0.2) is 48.5 Å². The molecule has 17 heavy (non-hydrogen) atoms. The van der Waals surface area contributed by atoms with Crippen LogP contribution in [0.4, 0.5) is 15.8 Å². The topological polar surface area (TPSA) is 38.0 Å². The second kappa shape index (κ2) is 4.87. The summed E-state index contributed by atoms with van der Waals surface area (Å²) in [6.45, 7) is 1.99. The van der Waals surface area contributed by atoms with E-state index in [4.69, 9.17) is 5.73 Å². The van der Waals surface area contributed by atoms with Gasteiger partial charge in [0.25, 0.3) is 0 Å². The maximum absolute atomic E-state index is 13.6. The number of rotatable bonds is 3. The van der Waals surface area contributed by atoms with Gasteiger partial charge in [-0.1, -0.05) is 30.3 Å². The van der Waals surface area contributed by atoms with Gasteiger partial charge in [0.2, 0.25) is 0 Å². The minimum Gasteiger partial charge on any atom is -0.399 e. The van der Waals surface area contributed by atoms with Crippen molar-refractivity contribution in [2.24, 2.45) is 0 Å². The summed E-state index contributed by atoms with van der Waals surface area (Å²) in [7, 11) is 0. The second-order valence-corrected chi connectivity index (χ2v) is 4.02. The Morgan fingerprint density at radius 3 is 2.47 bits per heavy atom. The van der Waals surface area contributed by atoms with E-state index < -0.39 is 0 Å². The van der Waals surface area contributed by atoms with Crippen LogP contribution in [0, 0.1) is 5.82 Å². The van der Waals surface area contributed by atoms with Gasteiger partial charge in [0.15, 0.2) is 0 Å². The molecule has 2 aromatic rings. The lowest BCUT2D eigenvalue weighted by atomic mass is 10.1. The number of nitrogens with one attached hydrogen (secondary N) is 1. The Bertz CT molecular complexity index is 497. The molecule has 2 nitrogen and oxygen atoms in total. The minimum absolute atomic E-state index is 0.0503. The van der Waals surface area contributed by atoms with Gasteiger partial charge >= 0.3 is 0 Å². The van der Waals surface area contributed by atoms with Crippen molar-refractivity contribution in [3.8, 4) is 0 Å². The van der Waals surface area contributed by atoms with Gasteiger partial charge in [0, 0.05) is 11.7 Å². The fourth-order valence-corrected chi connectivity index (χ4v) is 1.71. The van der Waals surface area contributed by atoms with E-state index in [1.807, 2.05) is 37.3 Å². The zero-order valence-electron chi connectivity index (χ0n) is 9.65. The minimum atomic E-state index is -0.326. The molecule has 88 valence electrons. The summed E-state index contributed by atoms with van der Waals surface area (Å²) in [5, 5.41) is 3.12. The number of hydrogen-bond donors (Lipinski definition) is 2. The molecule has 0 amide bonds. The molecule has 0 spiro atoms. The summed E-state index contributed by atoms with van der Waals surface area (Å²) < 4.78 is 13.6. The molecule has 0 radical (unpaired) electrons. The van der Waals surface area contributed by atoms with Gasteiger partial charge in [-0.05, 0) is 30.7 Å². The van der Waals surface area contributed by atoms with E-state index in [1.54, 1.807) is 12.1 Å². The molecule has 1 unspecified atom stereocenters. The number of nitrogen functional groups attached to an aromatic ring is 1. The van der Waals surface area contributed by atoms with Crippen LogP contribution in [-0.2, 0) is 0 Å². The summed E-state index contributed by atoms with van der Waals surface area (Å²) >= 11 is 0. The van der Waals surface area contributed by atoms with Crippen LogP contribution in [0.1, 0.15) is 18.5 Å². The number of nitrogens with two attached hydrogens (primary N) is 1. The average Bonchev–Trinajstić information content (AvgIpc) is 2.34. The number of anilines is 2. The highest BCUT2D eigenvalue weighted by Crippen LogP contribution is 2.22. The van der Waals surface area contributed by atoms with Crippen molar-refractivity contribution in [1.82, 2.24) is 0 Å². The summed E-state index contributed by atoms with van der Waals surface area (Å²) in [4.78, 5) is 0. The maximum atomic E-state index is 13.6. The van der Waals surface area contributed by atoms with Gasteiger partial charge in [0.05, 0.1) is 5.69 Å². The van der Waals surface area contributed by atoms with Gasteiger partial charge in [-0.3, -0.25) is 0 Å². The van der Waals surface area contributed by atoms with E-state index in [0.29, 0.717) is 11.4 Å². The quantitative estimate of drug-likeness (QED) is 0.791. The van der Waals surface area contributed by atoms with Crippen LogP contribution in [0.5, 0.6) is 0 Å².